The fraction of sp³-hybridized carbons (Fsp3) is 0.269. The number of benzene rings is 3. The lowest BCUT2D eigenvalue weighted by atomic mass is 9.96. The predicted octanol–water partition coefficient (Wildman–Crippen LogP) is 6.32. The summed E-state index contributed by atoms with van der Waals surface area (Å²) in [5.74, 6) is 0.689. The van der Waals surface area contributed by atoms with Gasteiger partial charge < -0.3 is 18.9 Å². The molecule has 0 radical (unpaired) electrons. The number of carbonyl (C=O) groups excluding carboxylic acids is 1. The van der Waals surface area contributed by atoms with Crippen LogP contribution in [-0.2, 0) is 4.74 Å². The van der Waals surface area contributed by atoms with E-state index in [-0.39, 0.29) is 11.4 Å². The number of allylic oxidation sites excluding steroid dienone is 1. The molecule has 3 aromatic carbocycles. The molecule has 2 N–H and O–H groups in total. The van der Waals surface area contributed by atoms with Crippen LogP contribution in [0.25, 0.3) is 10.8 Å². The Morgan fingerprint density at radius 3 is 2.29 bits per heavy atom. The van der Waals surface area contributed by atoms with Crippen molar-refractivity contribution in [1.82, 2.24) is 0 Å². The minimum Gasteiger partial charge on any atom is -0.497 e. The van der Waals surface area contributed by atoms with Crippen LogP contribution in [0, 0.1) is 4.91 Å². The van der Waals surface area contributed by atoms with Crippen molar-refractivity contribution in [1.29, 1.82) is 0 Å². The monoisotopic (exact) mass is 480 g/mol. The van der Waals surface area contributed by atoms with Gasteiger partial charge in [0.05, 0.1) is 43.4 Å². The van der Waals surface area contributed by atoms with Gasteiger partial charge in [-0.25, -0.2) is 4.79 Å². The standard InChI is InChI=1S/C26H28N2O7/c1-15(2)6-13-21(35-26(29)16-7-9-17(32-3)10-8-16)18-14-22(33-4)23-19(27-30)11-12-20(28-31)24(23)25(18)34-5/h6-12,14,21,27,30H,13H2,1-5H3/t21-/m0/s1. The molecular formula is C26H28N2O7. The molecule has 0 aliphatic heterocycles. The van der Waals surface area contributed by atoms with Gasteiger partial charge >= 0.3 is 5.97 Å². The minimum atomic E-state index is -0.780. The Labute approximate surface area is 203 Å². The van der Waals surface area contributed by atoms with Gasteiger partial charge in [-0.1, -0.05) is 11.6 Å². The van der Waals surface area contributed by atoms with E-state index in [4.69, 9.17) is 18.9 Å². The highest BCUT2D eigenvalue weighted by Gasteiger charge is 2.27. The molecule has 184 valence electrons. The minimum absolute atomic E-state index is 0.0819. The van der Waals surface area contributed by atoms with Crippen molar-refractivity contribution in [3.8, 4) is 17.2 Å². The van der Waals surface area contributed by atoms with E-state index in [2.05, 4.69) is 10.7 Å². The Kier molecular flexibility index (Phi) is 8.27. The summed E-state index contributed by atoms with van der Waals surface area (Å²) >= 11 is 0. The Morgan fingerprint density at radius 1 is 1.03 bits per heavy atom. The lowest BCUT2D eigenvalue weighted by molar-refractivity contribution is 0.0298. The third-order valence-corrected chi connectivity index (χ3v) is 5.51. The number of ether oxygens (including phenoxy) is 4. The Hall–Kier alpha value is -4.11. The molecule has 0 aromatic heterocycles. The average molecular weight is 481 g/mol. The number of nitroso groups, excluding NO2 is 1. The smallest absolute Gasteiger partial charge is 0.338 e. The first-order valence-electron chi connectivity index (χ1n) is 10.8. The summed E-state index contributed by atoms with van der Waals surface area (Å²) < 4.78 is 22.4. The van der Waals surface area contributed by atoms with E-state index in [0.717, 1.165) is 5.57 Å². The first-order chi connectivity index (χ1) is 16.9. The Morgan fingerprint density at radius 2 is 1.74 bits per heavy atom. The van der Waals surface area contributed by atoms with Gasteiger partial charge in [0.1, 0.15) is 29.0 Å². The highest BCUT2D eigenvalue weighted by atomic mass is 16.5. The molecule has 0 aliphatic carbocycles. The third-order valence-electron chi connectivity index (χ3n) is 5.51. The van der Waals surface area contributed by atoms with Gasteiger partial charge in [0.2, 0.25) is 0 Å². The lowest BCUT2D eigenvalue weighted by Gasteiger charge is -2.23. The second-order valence-corrected chi connectivity index (χ2v) is 7.93. The van der Waals surface area contributed by atoms with Crippen LogP contribution in [0.15, 0.2) is 59.3 Å². The molecule has 0 saturated heterocycles. The first kappa shape index (κ1) is 25.5. The molecule has 0 saturated carbocycles. The number of rotatable bonds is 10. The van der Waals surface area contributed by atoms with Gasteiger partial charge in [-0.15, -0.1) is 4.91 Å². The highest BCUT2D eigenvalue weighted by Crippen LogP contribution is 2.48. The molecule has 0 unspecified atom stereocenters. The van der Waals surface area contributed by atoms with E-state index in [1.165, 1.54) is 26.4 Å². The summed E-state index contributed by atoms with van der Waals surface area (Å²) in [6.45, 7) is 3.88. The molecule has 0 heterocycles. The zero-order valence-corrected chi connectivity index (χ0v) is 20.2. The normalized spacial score (nSPS) is 11.4. The number of anilines is 1. The Balaban J connectivity index is 2.21. The molecule has 3 aromatic rings. The van der Waals surface area contributed by atoms with Crippen LogP contribution < -0.4 is 19.7 Å². The largest absolute Gasteiger partial charge is 0.497 e. The van der Waals surface area contributed by atoms with Crippen LogP contribution in [0.5, 0.6) is 17.2 Å². The highest BCUT2D eigenvalue weighted by molar-refractivity contribution is 6.08. The topological polar surface area (TPSA) is 116 Å². The zero-order chi connectivity index (χ0) is 25.5. The van der Waals surface area contributed by atoms with Crippen molar-refractivity contribution >= 4 is 28.1 Å². The maximum absolute atomic E-state index is 13.0. The Bertz CT molecular complexity index is 1250. The maximum Gasteiger partial charge on any atom is 0.338 e. The van der Waals surface area contributed by atoms with Gasteiger partial charge in [0.15, 0.2) is 0 Å². The van der Waals surface area contributed by atoms with E-state index >= 15 is 0 Å². The number of carbonyl (C=O) groups is 1. The van der Waals surface area contributed by atoms with Gasteiger partial charge in [-0.05, 0) is 61.5 Å². The fourth-order valence-corrected chi connectivity index (χ4v) is 3.80. The predicted molar refractivity (Wildman–Crippen MR) is 133 cm³/mol. The average Bonchev–Trinajstić information content (AvgIpc) is 2.89. The van der Waals surface area contributed by atoms with Crippen molar-refractivity contribution in [3.63, 3.8) is 0 Å². The molecule has 0 amide bonds. The number of methoxy groups -OCH3 is 3. The molecule has 0 spiro atoms. The van der Waals surface area contributed by atoms with Crippen LogP contribution in [0.3, 0.4) is 0 Å². The van der Waals surface area contributed by atoms with Crippen LogP contribution in [0.4, 0.5) is 11.4 Å². The first-order valence-corrected chi connectivity index (χ1v) is 10.8. The van der Waals surface area contributed by atoms with Crippen molar-refractivity contribution < 1.29 is 28.9 Å². The van der Waals surface area contributed by atoms with Crippen molar-refractivity contribution in [3.05, 3.63) is 70.1 Å². The molecule has 9 heteroatoms. The number of nitrogens with one attached hydrogen (secondary N) is 1. The van der Waals surface area contributed by atoms with Crippen LogP contribution in [0.2, 0.25) is 0 Å². The third kappa shape index (κ3) is 5.36. The fourth-order valence-electron chi connectivity index (χ4n) is 3.80. The number of hydrogen-bond acceptors (Lipinski definition) is 9. The molecule has 1 atom stereocenters. The summed E-state index contributed by atoms with van der Waals surface area (Å²) in [6.07, 6.45) is 1.50. The lowest BCUT2D eigenvalue weighted by Crippen LogP contribution is -2.13. The van der Waals surface area contributed by atoms with Gasteiger partial charge in [-0.3, -0.25) is 10.7 Å². The quantitative estimate of drug-likeness (QED) is 0.150. The second-order valence-electron chi connectivity index (χ2n) is 7.93. The molecule has 0 fully saturated rings. The van der Waals surface area contributed by atoms with Crippen LogP contribution >= 0.6 is 0 Å². The number of fused-ring (bicyclic) bond motifs is 1. The summed E-state index contributed by atoms with van der Waals surface area (Å²) in [5.41, 5.74) is 4.36. The van der Waals surface area contributed by atoms with Gasteiger partial charge in [0, 0.05) is 12.0 Å². The van der Waals surface area contributed by atoms with Gasteiger partial charge in [0.25, 0.3) is 0 Å². The second kappa shape index (κ2) is 11.3. The van der Waals surface area contributed by atoms with Crippen molar-refractivity contribution in [2.75, 3.05) is 26.8 Å². The number of hydrogen-bond donors (Lipinski definition) is 2. The molecule has 9 nitrogen and oxygen atoms in total. The van der Waals surface area contributed by atoms with E-state index in [1.54, 1.807) is 37.4 Å². The zero-order valence-electron chi connectivity index (χ0n) is 20.2. The summed E-state index contributed by atoms with van der Waals surface area (Å²) in [6, 6.07) is 11.2. The number of esters is 1. The molecule has 35 heavy (non-hydrogen) atoms. The van der Waals surface area contributed by atoms with E-state index in [9.17, 15) is 14.9 Å². The van der Waals surface area contributed by atoms with Gasteiger partial charge in [-0.2, -0.15) is 0 Å². The molecular weight excluding hydrogens is 452 g/mol. The van der Waals surface area contributed by atoms with E-state index in [1.807, 2.05) is 19.9 Å². The van der Waals surface area contributed by atoms with Crippen molar-refractivity contribution in [2.24, 2.45) is 5.18 Å². The summed E-state index contributed by atoms with van der Waals surface area (Å²) in [7, 11) is 4.45. The molecule has 0 aliphatic rings. The van der Waals surface area contributed by atoms with Crippen LogP contribution in [-0.4, -0.2) is 32.5 Å². The molecule has 3 rings (SSSR count). The summed E-state index contributed by atoms with van der Waals surface area (Å²) in [5, 5.41) is 13.5. The SMILES string of the molecule is COc1ccc(C(=O)O[C@@H](CC=C(C)C)c2cc(OC)c3c(NO)ccc(N=O)c3c2OC)cc1. The number of nitrogens with zero attached hydrogens (tertiary/aromatic N) is 1. The van der Waals surface area contributed by atoms with Crippen LogP contribution in [0.1, 0.15) is 42.3 Å². The summed E-state index contributed by atoms with van der Waals surface area (Å²) in [4.78, 5) is 24.7. The van der Waals surface area contributed by atoms with E-state index in [0.29, 0.717) is 45.5 Å². The van der Waals surface area contributed by atoms with E-state index < -0.39 is 12.1 Å². The molecule has 0 bridgehead atoms. The maximum atomic E-state index is 13.0. The van der Waals surface area contributed by atoms with Crippen molar-refractivity contribution in [2.45, 2.75) is 26.4 Å².